The maximum absolute atomic E-state index is 12.7. The normalized spacial score (nSPS) is 21.3. The van der Waals surface area contributed by atoms with Crippen LogP contribution in [0.4, 0.5) is 0 Å². The van der Waals surface area contributed by atoms with E-state index in [1.165, 1.54) is 19.3 Å². The number of ether oxygens (including phenoxy) is 4. The summed E-state index contributed by atoms with van der Waals surface area (Å²) in [4.78, 5) is 25.3. The Morgan fingerprint density at radius 3 is 1.72 bits per heavy atom. The first-order chi connectivity index (χ1) is 27.5. The first kappa shape index (κ1) is 52.1. The third kappa shape index (κ3) is 29.0. The molecule has 0 amide bonds. The van der Waals surface area contributed by atoms with Gasteiger partial charge in [0, 0.05) is 12.8 Å². The Balaban J connectivity index is 2.53. The van der Waals surface area contributed by atoms with Gasteiger partial charge in [0.2, 0.25) is 0 Å². The molecule has 2 unspecified atom stereocenters. The third-order valence-corrected chi connectivity index (χ3v) is 9.77. The fraction of sp³-hybridized carbons (Fsp3) is 0.682. The summed E-state index contributed by atoms with van der Waals surface area (Å²) < 4.78 is 53.9. The van der Waals surface area contributed by atoms with Gasteiger partial charge in [-0.3, -0.25) is 14.1 Å². The fourth-order valence-corrected chi connectivity index (χ4v) is 6.45. The second-order valence-corrected chi connectivity index (χ2v) is 15.8. The number of unbranched alkanes of at least 4 members (excludes halogenated alkanes) is 9. The van der Waals surface area contributed by atoms with Crippen molar-refractivity contribution >= 4 is 22.1 Å². The summed E-state index contributed by atoms with van der Waals surface area (Å²) in [6.45, 7) is 3.53. The van der Waals surface area contributed by atoms with Crippen molar-refractivity contribution in [2.24, 2.45) is 0 Å². The molecule has 326 valence electrons. The Labute approximate surface area is 342 Å². The molecule has 6 atom stereocenters. The fourth-order valence-electron chi connectivity index (χ4n) is 5.76. The van der Waals surface area contributed by atoms with E-state index >= 15 is 0 Å². The van der Waals surface area contributed by atoms with Gasteiger partial charge < -0.3 is 34.3 Å². The van der Waals surface area contributed by atoms with Crippen LogP contribution in [0.2, 0.25) is 0 Å². The van der Waals surface area contributed by atoms with Crippen molar-refractivity contribution in [2.45, 2.75) is 173 Å². The van der Waals surface area contributed by atoms with E-state index in [1.54, 1.807) is 0 Å². The van der Waals surface area contributed by atoms with Crippen molar-refractivity contribution in [3.05, 3.63) is 72.9 Å². The van der Waals surface area contributed by atoms with E-state index in [2.05, 4.69) is 74.6 Å². The Morgan fingerprint density at radius 1 is 0.614 bits per heavy atom. The van der Waals surface area contributed by atoms with Crippen LogP contribution in [0, 0.1) is 0 Å². The van der Waals surface area contributed by atoms with Crippen LogP contribution >= 0.6 is 0 Å². The van der Waals surface area contributed by atoms with Crippen LogP contribution < -0.4 is 0 Å². The number of rotatable bonds is 33. The molecule has 0 radical (unpaired) electrons. The minimum absolute atomic E-state index is 0.135. The van der Waals surface area contributed by atoms with E-state index in [0.29, 0.717) is 19.3 Å². The van der Waals surface area contributed by atoms with Gasteiger partial charge in [0.1, 0.15) is 36.8 Å². The number of aliphatic hydroxyl groups is 3. The molecular formula is C44H72O12S. The molecule has 1 heterocycles. The highest BCUT2D eigenvalue weighted by Gasteiger charge is 2.46. The summed E-state index contributed by atoms with van der Waals surface area (Å²) in [6.07, 6.45) is 32.5. The van der Waals surface area contributed by atoms with E-state index in [0.717, 1.165) is 70.6 Å². The van der Waals surface area contributed by atoms with E-state index in [4.69, 9.17) is 18.9 Å². The van der Waals surface area contributed by atoms with Gasteiger partial charge in [0.25, 0.3) is 10.1 Å². The lowest BCUT2D eigenvalue weighted by Crippen LogP contribution is -2.60. The van der Waals surface area contributed by atoms with Gasteiger partial charge in [-0.25, -0.2) is 0 Å². The summed E-state index contributed by atoms with van der Waals surface area (Å²) >= 11 is 0. The molecule has 0 bridgehead atoms. The Hall–Kier alpha value is -2.91. The molecular weight excluding hydrogens is 753 g/mol. The average Bonchev–Trinajstić information content (AvgIpc) is 3.17. The van der Waals surface area contributed by atoms with Gasteiger partial charge in [0.15, 0.2) is 12.4 Å². The summed E-state index contributed by atoms with van der Waals surface area (Å²) in [5.41, 5.74) is 0. The zero-order valence-corrected chi connectivity index (χ0v) is 35.2. The zero-order valence-electron chi connectivity index (χ0n) is 34.4. The highest BCUT2D eigenvalue weighted by molar-refractivity contribution is 7.85. The Kier molecular flexibility index (Phi) is 31.1. The summed E-state index contributed by atoms with van der Waals surface area (Å²) in [5, 5.41) is 30.8. The van der Waals surface area contributed by atoms with Gasteiger partial charge in [-0.2, -0.15) is 8.42 Å². The number of hydrogen-bond acceptors (Lipinski definition) is 11. The van der Waals surface area contributed by atoms with Crippen LogP contribution in [0.25, 0.3) is 0 Å². The summed E-state index contributed by atoms with van der Waals surface area (Å²) in [6, 6.07) is 0. The summed E-state index contributed by atoms with van der Waals surface area (Å²) in [5.74, 6) is -2.08. The van der Waals surface area contributed by atoms with Gasteiger partial charge in [-0.1, -0.05) is 119 Å². The van der Waals surface area contributed by atoms with Gasteiger partial charge in [-0.05, 0) is 77.0 Å². The lowest BCUT2D eigenvalue weighted by Gasteiger charge is -2.40. The highest BCUT2D eigenvalue weighted by Crippen LogP contribution is 2.24. The van der Waals surface area contributed by atoms with Crippen molar-refractivity contribution in [1.82, 2.24) is 0 Å². The molecule has 0 aliphatic carbocycles. The summed E-state index contributed by atoms with van der Waals surface area (Å²) in [7, 11) is -4.61. The first-order valence-electron chi connectivity index (χ1n) is 21.0. The predicted molar refractivity (Wildman–Crippen MR) is 224 cm³/mol. The number of carbonyl (C=O) groups is 2. The SMILES string of the molecule is CC/C=C/C/C=C/C/C=C/C/C=C/C/C=C/CCCC(=O)OC[C@H](CO[C@H]1O[C@H](CS(=O)(=O)O)[C@@H](O)C(O)C1O)OC(=O)CCCCCCC/C=C/CCCCC. The minimum atomic E-state index is -4.61. The molecule has 0 spiro atoms. The standard InChI is InChI=1S/C44H72O12S/c1-3-5-7-9-11-13-15-17-18-19-20-21-23-24-26-28-30-32-39(45)53-34-37(35-54-44-43(49)42(48)41(47)38(56-44)36-57(50,51)52)55-40(46)33-31-29-27-25-22-16-14-12-10-8-6-4-2/h5,7,11-14,17-18,20-21,24,26,37-38,41-44,47-49H,3-4,6,8-10,15-16,19,22-23,25,27-36H2,1-2H3,(H,50,51,52)/b7-5+,13-11+,14-12+,18-17+,21-20+,26-24+/t37-,38-,41-,42?,43?,44+/m1/s1. The van der Waals surface area contributed by atoms with E-state index in [9.17, 15) is 37.9 Å². The monoisotopic (exact) mass is 824 g/mol. The number of allylic oxidation sites excluding steroid dienone is 12. The predicted octanol–water partition coefficient (Wildman–Crippen LogP) is 7.94. The quantitative estimate of drug-likeness (QED) is 0.0217. The molecule has 0 saturated carbocycles. The Morgan fingerprint density at radius 2 is 1.12 bits per heavy atom. The molecule has 1 rings (SSSR count). The largest absolute Gasteiger partial charge is 0.462 e. The van der Waals surface area contributed by atoms with Crippen LogP contribution in [-0.2, 0) is 38.7 Å². The van der Waals surface area contributed by atoms with Gasteiger partial charge in [-0.15, -0.1) is 0 Å². The van der Waals surface area contributed by atoms with Crippen molar-refractivity contribution in [2.75, 3.05) is 19.0 Å². The van der Waals surface area contributed by atoms with Crippen molar-refractivity contribution in [3.63, 3.8) is 0 Å². The van der Waals surface area contributed by atoms with Crippen molar-refractivity contribution < 1.29 is 56.8 Å². The van der Waals surface area contributed by atoms with E-state index in [-0.39, 0.29) is 19.4 Å². The van der Waals surface area contributed by atoms with Crippen LogP contribution in [0.3, 0.4) is 0 Å². The number of aliphatic hydroxyl groups excluding tert-OH is 3. The van der Waals surface area contributed by atoms with E-state index in [1.807, 2.05) is 12.2 Å². The molecule has 12 nitrogen and oxygen atoms in total. The van der Waals surface area contributed by atoms with Gasteiger partial charge in [0.05, 0.1) is 6.61 Å². The smallest absolute Gasteiger partial charge is 0.306 e. The lowest BCUT2D eigenvalue weighted by molar-refractivity contribution is -0.297. The topological polar surface area (TPSA) is 186 Å². The molecule has 4 N–H and O–H groups in total. The van der Waals surface area contributed by atoms with E-state index < -0.39 is 71.2 Å². The molecule has 1 aliphatic rings. The molecule has 1 saturated heterocycles. The maximum atomic E-state index is 12.7. The third-order valence-electron chi connectivity index (χ3n) is 9.02. The van der Waals surface area contributed by atoms with Crippen molar-refractivity contribution in [3.8, 4) is 0 Å². The zero-order chi connectivity index (χ0) is 42.0. The van der Waals surface area contributed by atoms with Crippen LogP contribution in [-0.4, -0.2) is 96.0 Å². The molecule has 13 heteroatoms. The average molecular weight is 825 g/mol. The maximum Gasteiger partial charge on any atom is 0.306 e. The van der Waals surface area contributed by atoms with Crippen LogP contribution in [0.5, 0.6) is 0 Å². The molecule has 1 aliphatic heterocycles. The number of esters is 2. The van der Waals surface area contributed by atoms with Crippen LogP contribution in [0.15, 0.2) is 72.9 Å². The molecule has 57 heavy (non-hydrogen) atoms. The molecule has 0 aromatic carbocycles. The molecule has 0 aromatic rings. The number of carbonyl (C=O) groups excluding carboxylic acids is 2. The van der Waals surface area contributed by atoms with Gasteiger partial charge >= 0.3 is 11.9 Å². The molecule has 1 fully saturated rings. The van der Waals surface area contributed by atoms with Crippen LogP contribution in [0.1, 0.15) is 136 Å². The minimum Gasteiger partial charge on any atom is -0.462 e. The molecule has 0 aromatic heterocycles. The first-order valence-corrected chi connectivity index (χ1v) is 22.6. The number of hydrogen-bond donors (Lipinski definition) is 4. The Bertz CT molecular complexity index is 1340. The second kappa shape index (κ2) is 34.0. The lowest BCUT2D eigenvalue weighted by atomic mass is 10.00. The highest BCUT2D eigenvalue weighted by atomic mass is 32.2. The second-order valence-electron chi connectivity index (χ2n) is 14.3. The van der Waals surface area contributed by atoms with Crippen molar-refractivity contribution in [1.29, 1.82) is 0 Å².